The Hall–Kier alpha value is -2.66. The quantitative estimate of drug-likeness (QED) is 0.707. The second-order valence-electron chi connectivity index (χ2n) is 5.74. The smallest absolute Gasteiger partial charge is 0.336 e. The largest absolute Gasteiger partial charge is 0.508 e. The van der Waals surface area contributed by atoms with Crippen molar-refractivity contribution in [3.05, 3.63) is 75.4 Å². The molecule has 24 heavy (non-hydrogen) atoms. The number of hydrogen-bond acceptors (Lipinski definition) is 3. The number of benzene rings is 2. The minimum atomic E-state index is -0.434. The van der Waals surface area contributed by atoms with Crippen LogP contribution in [0.3, 0.4) is 0 Å². The monoisotopic (exact) mass is 328 g/mol. The summed E-state index contributed by atoms with van der Waals surface area (Å²) in [6.45, 7) is 3.23. The Morgan fingerprint density at radius 2 is 1.83 bits per heavy atom. The fraction of sp³-hybridized carbons (Fsp3) is 0.211. The molecule has 0 saturated carbocycles. The molecule has 0 aliphatic carbocycles. The van der Waals surface area contributed by atoms with Crippen molar-refractivity contribution < 1.29 is 19.2 Å². The fourth-order valence-electron chi connectivity index (χ4n) is 2.77. The lowest BCUT2D eigenvalue weighted by molar-refractivity contribution is -0.686. The highest BCUT2D eigenvalue weighted by molar-refractivity contribution is 5.82. The van der Waals surface area contributed by atoms with Crippen LogP contribution < -0.4 is 10.9 Å². The summed E-state index contributed by atoms with van der Waals surface area (Å²) in [5, 5.41) is 12.8. The Morgan fingerprint density at radius 3 is 2.54 bits per heavy atom. The van der Waals surface area contributed by atoms with Crippen molar-refractivity contribution in [1.82, 2.24) is 0 Å². The van der Waals surface area contributed by atoms with E-state index in [1.54, 1.807) is 12.1 Å². The molecule has 0 fully saturated rings. The summed E-state index contributed by atoms with van der Waals surface area (Å²) in [6, 6.07) is 11.2. The third-order valence-electron chi connectivity index (χ3n) is 4.07. The number of rotatable bonds is 5. The van der Waals surface area contributed by atoms with Crippen molar-refractivity contribution in [2.75, 3.05) is 0 Å². The Labute approximate surface area is 138 Å². The van der Waals surface area contributed by atoms with E-state index in [0.29, 0.717) is 25.1 Å². The molecule has 0 radical (unpaired) electrons. The van der Waals surface area contributed by atoms with Gasteiger partial charge in [-0.15, -0.1) is 0 Å². The minimum Gasteiger partial charge on any atom is -0.508 e. The molecule has 5 heteroatoms. The summed E-state index contributed by atoms with van der Waals surface area (Å²) in [5.74, 6) is -0.113. The molecule has 2 aromatic carbocycles. The third-order valence-corrected chi connectivity index (χ3v) is 4.07. The number of halogens is 1. The Bertz CT molecular complexity index is 916. The summed E-state index contributed by atoms with van der Waals surface area (Å²) >= 11 is 0. The van der Waals surface area contributed by atoms with E-state index in [-0.39, 0.29) is 11.6 Å². The van der Waals surface area contributed by atoms with Crippen LogP contribution in [-0.4, -0.2) is 5.11 Å². The normalized spacial score (nSPS) is 11.1. The number of hydrogen-bond donors (Lipinski definition) is 2. The molecule has 3 rings (SSSR count). The molecule has 0 atom stereocenters. The van der Waals surface area contributed by atoms with Crippen LogP contribution >= 0.6 is 0 Å². The van der Waals surface area contributed by atoms with Gasteiger partial charge in [0.2, 0.25) is 0 Å². The molecule has 1 aromatic heterocycles. The predicted molar refractivity (Wildman–Crippen MR) is 89.3 cm³/mol. The van der Waals surface area contributed by atoms with Gasteiger partial charge in [0.05, 0.1) is 0 Å². The van der Waals surface area contributed by atoms with Gasteiger partial charge in [-0.2, -0.15) is 0 Å². The maximum Gasteiger partial charge on any atom is 0.336 e. The van der Waals surface area contributed by atoms with Crippen molar-refractivity contribution in [2.24, 2.45) is 0 Å². The Morgan fingerprint density at radius 1 is 1.08 bits per heavy atom. The number of quaternary nitrogens is 1. The van der Waals surface area contributed by atoms with Crippen LogP contribution in [0.15, 0.2) is 51.7 Å². The summed E-state index contributed by atoms with van der Waals surface area (Å²) in [7, 11) is 0. The van der Waals surface area contributed by atoms with Gasteiger partial charge in [0, 0.05) is 28.6 Å². The molecule has 0 bridgehead atoms. The highest BCUT2D eigenvalue weighted by atomic mass is 19.1. The van der Waals surface area contributed by atoms with Crippen molar-refractivity contribution >= 4 is 11.0 Å². The number of phenols is 1. The average Bonchev–Trinajstić information content (AvgIpc) is 2.56. The van der Waals surface area contributed by atoms with Gasteiger partial charge in [-0.1, -0.05) is 19.1 Å². The van der Waals surface area contributed by atoms with Crippen LogP contribution in [0.4, 0.5) is 4.39 Å². The maximum absolute atomic E-state index is 12.9. The molecule has 0 saturated heterocycles. The molecule has 0 aliphatic heterocycles. The third kappa shape index (κ3) is 3.46. The zero-order chi connectivity index (χ0) is 17.1. The minimum absolute atomic E-state index is 0.139. The van der Waals surface area contributed by atoms with Crippen molar-refractivity contribution in [1.29, 1.82) is 0 Å². The lowest BCUT2D eigenvalue weighted by atomic mass is 10.0. The van der Waals surface area contributed by atoms with E-state index >= 15 is 0 Å². The van der Waals surface area contributed by atoms with Crippen LogP contribution in [0.2, 0.25) is 0 Å². The molecular formula is C19H19FNO3+. The topological polar surface area (TPSA) is 67.0 Å². The van der Waals surface area contributed by atoms with Gasteiger partial charge < -0.3 is 14.8 Å². The first kappa shape index (κ1) is 16.2. The number of nitrogens with two attached hydrogens (primary N) is 1. The highest BCUT2D eigenvalue weighted by Crippen LogP contribution is 2.26. The lowest BCUT2D eigenvalue weighted by Gasteiger charge is -2.08. The van der Waals surface area contributed by atoms with E-state index < -0.39 is 5.63 Å². The highest BCUT2D eigenvalue weighted by Gasteiger charge is 2.11. The van der Waals surface area contributed by atoms with E-state index in [1.165, 1.54) is 24.3 Å². The number of aryl methyl sites for hydroxylation is 1. The van der Waals surface area contributed by atoms with Crippen LogP contribution in [0, 0.1) is 5.82 Å². The molecule has 0 aliphatic rings. The van der Waals surface area contributed by atoms with E-state index in [2.05, 4.69) is 0 Å². The molecule has 1 heterocycles. The van der Waals surface area contributed by atoms with E-state index in [4.69, 9.17) is 4.42 Å². The molecule has 0 spiro atoms. The molecule has 0 amide bonds. The molecule has 3 N–H and O–H groups in total. The van der Waals surface area contributed by atoms with Gasteiger partial charge >= 0.3 is 5.63 Å². The SMILES string of the molecule is CCc1cc2c(C[NH2+]Cc3ccc(F)cc3)cc(=O)oc2cc1O. The van der Waals surface area contributed by atoms with Gasteiger partial charge in [0.1, 0.15) is 30.2 Å². The molecular weight excluding hydrogens is 309 g/mol. The summed E-state index contributed by atoms with van der Waals surface area (Å²) < 4.78 is 18.1. The van der Waals surface area contributed by atoms with Crippen LogP contribution in [0.1, 0.15) is 23.6 Å². The number of phenolic OH excluding ortho intramolecular Hbond substituents is 1. The van der Waals surface area contributed by atoms with E-state index in [0.717, 1.165) is 22.1 Å². The van der Waals surface area contributed by atoms with Crippen LogP contribution in [-0.2, 0) is 19.5 Å². The number of fused-ring (bicyclic) bond motifs is 1. The summed E-state index contributed by atoms with van der Waals surface area (Å²) in [6.07, 6.45) is 0.694. The molecule has 0 unspecified atom stereocenters. The molecule has 4 nitrogen and oxygen atoms in total. The Kier molecular flexibility index (Phi) is 4.62. The van der Waals surface area contributed by atoms with Crippen molar-refractivity contribution in [3.63, 3.8) is 0 Å². The maximum atomic E-state index is 12.9. The van der Waals surface area contributed by atoms with E-state index in [1.807, 2.05) is 18.3 Å². The second-order valence-corrected chi connectivity index (χ2v) is 5.74. The first-order valence-electron chi connectivity index (χ1n) is 7.91. The first-order chi connectivity index (χ1) is 11.6. The van der Waals surface area contributed by atoms with Gasteiger partial charge in [0.25, 0.3) is 0 Å². The second kappa shape index (κ2) is 6.84. The van der Waals surface area contributed by atoms with Crippen molar-refractivity contribution in [2.45, 2.75) is 26.4 Å². The number of aromatic hydroxyl groups is 1. The van der Waals surface area contributed by atoms with E-state index in [9.17, 15) is 14.3 Å². The van der Waals surface area contributed by atoms with Gasteiger partial charge in [-0.05, 0) is 30.2 Å². The van der Waals surface area contributed by atoms with Gasteiger partial charge in [0.15, 0.2) is 0 Å². The fourth-order valence-corrected chi connectivity index (χ4v) is 2.77. The predicted octanol–water partition coefficient (Wildman–Crippen LogP) is 2.46. The molecule has 3 aromatic rings. The van der Waals surface area contributed by atoms with Gasteiger partial charge in [-0.3, -0.25) is 0 Å². The van der Waals surface area contributed by atoms with Crippen LogP contribution in [0.5, 0.6) is 5.75 Å². The van der Waals surface area contributed by atoms with Gasteiger partial charge in [-0.25, -0.2) is 9.18 Å². The molecule has 124 valence electrons. The standard InChI is InChI=1S/C19H18FNO3/c1-2-13-7-16-14(8-19(23)24-18(16)9-17(13)22)11-21-10-12-3-5-15(20)6-4-12/h3-9,21-22H,2,10-11H2,1H3/p+1. The lowest BCUT2D eigenvalue weighted by Crippen LogP contribution is -2.80. The zero-order valence-corrected chi connectivity index (χ0v) is 13.4. The zero-order valence-electron chi connectivity index (χ0n) is 13.4. The summed E-state index contributed by atoms with van der Waals surface area (Å²) in [5.41, 5.74) is 2.64. The van der Waals surface area contributed by atoms with Crippen LogP contribution in [0.25, 0.3) is 11.0 Å². The van der Waals surface area contributed by atoms with Crippen molar-refractivity contribution in [3.8, 4) is 5.75 Å². The average molecular weight is 328 g/mol. The summed E-state index contributed by atoms with van der Waals surface area (Å²) in [4.78, 5) is 11.7. The Balaban J connectivity index is 1.85. The first-order valence-corrected chi connectivity index (χ1v) is 7.91.